The van der Waals surface area contributed by atoms with Crippen LogP contribution < -0.4 is 11.1 Å². The first-order chi connectivity index (χ1) is 9.00. The molecule has 0 spiro atoms. The average Bonchev–Trinajstić information content (AvgIpc) is 2.37. The number of amides is 1. The second-order valence-electron chi connectivity index (χ2n) is 7.43. The minimum absolute atomic E-state index is 0.215. The Kier molecular flexibility index (Phi) is 4.88. The largest absolute Gasteiger partial charge is 0.353 e. The van der Waals surface area contributed by atoms with Crippen molar-refractivity contribution in [1.82, 2.24) is 5.32 Å². The summed E-state index contributed by atoms with van der Waals surface area (Å²) in [4.78, 5) is 12.4. The maximum Gasteiger partial charge on any atom is 0.223 e. The molecule has 3 heteroatoms. The first-order valence-electron chi connectivity index (χ1n) is 8.00. The van der Waals surface area contributed by atoms with Gasteiger partial charge in [0.2, 0.25) is 5.91 Å². The highest BCUT2D eigenvalue weighted by molar-refractivity contribution is 5.79. The fourth-order valence-corrected chi connectivity index (χ4v) is 3.88. The summed E-state index contributed by atoms with van der Waals surface area (Å²) in [7, 11) is 0. The molecule has 0 aromatic rings. The Bertz CT molecular complexity index is 314. The van der Waals surface area contributed by atoms with Crippen LogP contribution in [0.3, 0.4) is 0 Å². The van der Waals surface area contributed by atoms with Gasteiger partial charge in [-0.05, 0) is 56.4 Å². The molecule has 110 valence electrons. The van der Waals surface area contributed by atoms with Gasteiger partial charge >= 0.3 is 0 Å². The van der Waals surface area contributed by atoms with Crippen LogP contribution in [0.4, 0.5) is 0 Å². The minimum atomic E-state index is 0.215. The van der Waals surface area contributed by atoms with Crippen LogP contribution in [0.15, 0.2) is 0 Å². The molecule has 2 saturated carbocycles. The summed E-state index contributed by atoms with van der Waals surface area (Å²) < 4.78 is 0. The van der Waals surface area contributed by atoms with Crippen molar-refractivity contribution in [3.8, 4) is 0 Å². The average molecular weight is 266 g/mol. The Hall–Kier alpha value is -0.570. The molecule has 3 nitrogen and oxygen atoms in total. The van der Waals surface area contributed by atoms with E-state index in [1.165, 1.54) is 19.3 Å². The van der Waals surface area contributed by atoms with E-state index in [9.17, 15) is 4.79 Å². The van der Waals surface area contributed by atoms with Gasteiger partial charge in [0.25, 0.3) is 0 Å². The monoisotopic (exact) mass is 266 g/mol. The summed E-state index contributed by atoms with van der Waals surface area (Å²) >= 11 is 0. The Labute approximate surface area is 117 Å². The van der Waals surface area contributed by atoms with Gasteiger partial charge in [-0.1, -0.05) is 26.7 Å². The van der Waals surface area contributed by atoms with Gasteiger partial charge in [0.05, 0.1) is 0 Å². The molecule has 0 heterocycles. The molecule has 0 aromatic heterocycles. The van der Waals surface area contributed by atoms with Crippen molar-refractivity contribution in [1.29, 1.82) is 0 Å². The fourth-order valence-electron chi connectivity index (χ4n) is 3.88. The lowest BCUT2D eigenvalue weighted by Gasteiger charge is -2.37. The maximum absolute atomic E-state index is 12.4. The molecular formula is C16H30N2O. The summed E-state index contributed by atoms with van der Waals surface area (Å²) in [5.41, 5.74) is 6.15. The lowest BCUT2D eigenvalue weighted by molar-refractivity contribution is -0.127. The zero-order valence-corrected chi connectivity index (χ0v) is 12.6. The highest BCUT2D eigenvalue weighted by atomic mass is 16.1. The van der Waals surface area contributed by atoms with Gasteiger partial charge in [0, 0.05) is 12.0 Å². The molecule has 3 unspecified atom stereocenters. The van der Waals surface area contributed by atoms with Gasteiger partial charge in [-0.2, -0.15) is 0 Å². The van der Waals surface area contributed by atoms with E-state index in [1.54, 1.807) is 0 Å². The third kappa shape index (κ3) is 4.20. The SMILES string of the molecule is CC1(C)CCCC(NC(=O)C2CCCC(CN)C2)C1. The van der Waals surface area contributed by atoms with E-state index in [1.807, 2.05) is 0 Å². The quantitative estimate of drug-likeness (QED) is 0.825. The van der Waals surface area contributed by atoms with Crippen molar-refractivity contribution in [2.45, 2.75) is 71.3 Å². The molecule has 3 N–H and O–H groups in total. The third-order valence-electron chi connectivity index (χ3n) is 5.04. The predicted molar refractivity (Wildman–Crippen MR) is 78.7 cm³/mol. The summed E-state index contributed by atoms with van der Waals surface area (Å²) in [6.07, 6.45) is 9.24. The first kappa shape index (κ1) is 14.8. The molecule has 0 bridgehead atoms. The number of hydrogen-bond acceptors (Lipinski definition) is 2. The molecular weight excluding hydrogens is 236 g/mol. The lowest BCUT2D eigenvalue weighted by atomic mass is 9.74. The number of rotatable bonds is 3. The van der Waals surface area contributed by atoms with E-state index >= 15 is 0 Å². The number of nitrogens with two attached hydrogens (primary N) is 1. The molecule has 1 amide bonds. The van der Waals surface area contributed by atoms with Crippen LogP contribution in [0.1, 0.15) is 65.2 Å². The topological polar surface area (TPSA) is 55.1 Å². The van der Waals surface area contributed by atoms with Gasteiger partial charge in [-0.15, -0.1) is 0 Å². The Balaban J connectivity index is 1.83. The molecule has 2 rings (SSSR count). The molecule has 0 aliphatic heterocycles. The first-order valence-corrected chi connectivity index (χ1v) is 8.00. The summed E-state index contributed by atoms with van der Waals surface area (Å²) in [5, 5.41) is 3.31. The molecule has 2 aliphatic rings. The standard InChI is InChI=1S/C16H30N2O/c1-16(2)8-4-7-14(10-16)18-15(19)13-6-3-5-12(9-13)11-17/h12-14H,3-11,17H2,1-2H3,(H,18,19). The highest BCUT2D eigenvalue weighted by Crippen LogP contribution is 2.35. The van der Waals surface area contributed by atoms with Gasteiger partial charge < -0.3 is 11.1 Å². The van der Waals surface area contributed by atoms with E-state index in [-0.39, 0.29) is 5.92 Å². The zero-order chi connectivity index (χ0) is 13.9. The number of nitrogens with one attached hydrogen (secondary N) is 1. The van der Waals surface area contributed by atoms with Crippen molar-refractivity contribution >= 4 is 5.91 Å². The van der Waals surface area contributed by atoms with E-state index in [0.29, 0.717) is 23.3 Å². The van der Waals surface area contributed by atoms with Crippen LogP contribution in [-0.4, -0.2) is 18.5 Å². The summed E-state index contributed by atoms with van der Waals surface area (Å²) in [6.45, 7) is 5.37. The molecule has 3 atom stereocenters. The Morgan fingerprint density at radius 3 is 2.74 bits per heavy atom. The lowest BCUT2D eigenvalue weighted by Crippen LogP contribution is -2.44. The van der Waals surface area contributed by atoms with Gasteiger partial charge in [0.1, 0.15) is 0 Å². The minimum Gasteiger partial charge on any atom is -0.353 e. The van der Waals surface area contributed by atoms with Crippen LogP contribution in [0.2, 0.25) is 0 Å². The van der Waals surface area contributed by atoms with Gasteiger partial charge in [-0.25, -0.2) is 0 Å². The van der Waals surface area contributed by atoms with E-state index in [0.717, 1.165) is 38.6 Å². The second kappa shape index (κ2) is 6.25. The highest BCUT2D eigenvalue weighted by Gasteiger charge is 2.32. The molecule has 2 aliphatic carbocycles. The van der Waals surface area contributed by atoms with Crippen LogP contribution in [0.5, 0.6) is 0 Å². The molecule has 19 heavy (non-hydrogen) atoms. The van der Waals surface area contributed by atoms with Crippen molar-refractivity contribution < 1.29 is 4.79 Å². The van der Waals surface area contributed by atoms with Crippen LogP contribution in [-0.2, 0) is 4.79 Å². The predicted octanol–water partition coefficient (Wildman–Crippen LogP) is 2.84. The Morgan fingerprint density at radius 2 is 2.05 bits per heavy atom. The number of carbonyl (C=O) groups excluding carboxylic acids is 1. The van der Waals surface area contributed by atoms with Crippen molar-refractivity contribution in [2.24, 2.45) is 23.0 Å². The van der Waals surface area contributed by atoms with Gasteiger partial charge in [0.15, 0.2) is 0 Å². The molecule has 2 fully saturated rings. The van der Waals surface area contributed by atoms with E-state index < -0.39 is 0 Å². The normalized spacial score (nSPS) is 34.8. The summed E-state index contributed by atoms with van der Waals surface area (Å²) in [5.74, 6) is 1.07. The number of carbonyl (C=O) groups is 1. The van der Waals surface area contributed by atoms with Crippen LogP contribution in [0, 0.1) is 17.3 Å². The van der Waals surface area contributed by atoms with Gasteiger partial charge in [-0.3, -0.25) is 4.79 Å². The molecule has 0 radical (unpaired) electrons. The number of hydrogen-bond donors (Lipinski definition) is 2. The van der Waals surface area contributed by atoms with E-state index in [4.69, 9.17) is 5.73 Å². The van der Waals surface area contributed by atoms with Crippen molar-refractivity contribution in [3.63, 3.8) is 0 Å². The maximum atomic E-state index is 12.4. The van der Waals surface area contributed by atoms with E-state index in [2.05, 4.69) is 19.2 Å². The van der Waals surface area contributed by atoms with Crippen LogP contribution >= 0.6 is 0 Å². The summed E-state index contributed by atoms with van der Waals surface area (Å²) in [6, 6.07) is 0.398. The fraction of sp³-hybridized carbons (Fsp3) is 0.938. The Morgan fingerprint density at radius 1 is 1.26 bits per heavy atom. The second-order valence-corrected chi connectivity index (χ2v) is 7.43. The molecule has 0 aromatic carbocycles. The smallest absolute Gasteiger partial charge is 0.223 e. The van der Waals surface area contributed by atoms with Crippen molar-refractivity contribution in [3.05, 3.63) is 0 Å². The third-order valence-corrected chi connectivity index (χ3v) is 5.04. The van der Waals surface area contributed by atoms with Crippen molar-refractivity contribution in [2.75, 3.05) is 6.54 Å². The van der Waals surface area contributed by atoms with Crippen LogP contribution in [0.25, 0.3) is 0 Å². The zero-order valence-electron chi connectivity index (χ0n) is 12.6. The molecule has 0 saturated heterocycles.